The van der Waals surface area contributed by atoms with E-state index in [0.29, 0.717) is 5.75 Å². The molecule has 1 amide bonds. The van der Waals surface area contributed by atoms with Gasteiger partial charge in [0, 0.05) is 4.47 Å². The summed E-state index contributed by atoms with van der Waals surface area (Å²) >= 11 is 2.96. The molecule has 0 spiro atoms. The third kappa shape index (κ3) is 3.13. The van der Waals surface area contributed by atoms with E-state index in [9.17, 15) is 13.6 Å². The first-order valence-corrected chi connectivity index (χ1v) is 6.61. The van der Waals surface area contributed by atoms with Gasteiger partial charge < -0.3 is 15.8 Å². The molecule has 2 aromatic rings. The van der Waals surface area contributed by atoms with Crippen molar-refractivity contribution in [3.05, 3.63) is 52.0 Å². The Morgan fingerprint density at radius 3 is 2.48 bits per heavy atom. The zero-order chi connectivity index (χ0) is 15.6. The van der Waals surface area contributed by atoms with Gasteiger partial charge in [-0.3, -0.25) is 4.79 Å². The molecule has 2 rings (SSSR count). The minimum Gasteiger partial charge on any atom is -0.495 e. The number of amides is 1. The van der Waals surface area contributed by atoms with Gasteiger partial charge in [-0.1, -0.05) is 22.0 Å². The Labute approximate surface area is 128 Å². The first kappa shape index (κ1) is 15.2. The Hall–Kier alpha value is -2.15. The fourth-order valence-electron chi connectivity index (χ4n) is 1.76. The molecular weight excluding hydrogens is 346 g/mol. The summed E-state index contributed by atoms with van der Waals surface area (Å²) in [5, 5.41) is 2.17. The summed E-state index contributed by atoms with van der Waals surface area (Å²) in [6.07, 6.45) is 0. The second-order valence-corrected chi connectivity index (χ2v) is 5.04. The minimum atomic E-state index is -0.892. The Morgan fingerprint density at radius 1 is 1.29 bits per heavy atom. The molecule has 0 fully saturated rings. The highest BCUT2D eigenvalue weighted by atomic mass is 79.9. The molecule has 3 N–H and O–H groups in total. The molecule has 0 aliphatic rings. The summed E-state index contributed by atoms with van der Waals surface area (Å²) in [7, 11) is 1.40. The maximum Gasteiger partial charge on any atom is 0.258 e. The zero-order valence-corrected chi connectivity index (χ0v) is 12.5. The van der Waals surface area contributed by atoms with E-state index in [1.165, 1.54) is 13.2 Å². The van der Waals surface area contributed by atoms with Crippen molar-refractivity contribution in [2.45, 2.75) is 0 Å². The van der Waals surface area contributed by atoms with Gasteiger partial charge in [0.05, 0.1) is 18.4 Å². The van der Waals surface area contributed by atoms with Gasteiger partial charge in [0.2, 0.25) is 0 Å². The van der Waals surface area contributed by atoms with Gasteiger partial charge in [0.1, 0.15) is 11.4 Å². The van der Waals surface area contributed by atoms with Crippen LogP contribution in [-0.2, 0) is 0 Å². The monoisotopic (exact) mass is 356 g/mol. The second kappa shape index (κ2) is 6.09. The van der Waals surface area contributed by atoms with Crippen LogP contribution >= 0.6 is 15.9 Å². The van der Waals surface area contributed by atoms with Crippen LogP contribution in [0.3, 0.4) is 0 Å². The van der Waals surface area contributed by atoms with E-state index >= 15 is 0 Å². The average Bonchev–Trinajstić information content (AvgIpc) is 2.42. The number of ether oxygens (including phenoxy) is 1. The lowest BCUT2D eigenvalue weighted by Gasteiger charge is -2.11. The SMILES string of the molecule is COc1cccc(C(=O)Nc2c(F)cc(Br)cc2F)c1N. The fraction of sp³-hybridized carbons (Fsp3) is 0.0714. The van der Waals surface area contributed by atoms with E-state index in [-0.39, 0.29) is 15.7 Å². The van der Waals surface area contributed by atoms with Crippen LogP contribution in [-0.4, -0.2) is 13.0 Å². The lowest BCUT2D eigenvalue weighted by atomic mass is 10.1. The number of para-hydroxylation sites is 1. The number of halogens is 3. The van der Waals surface area contributed by atoms with E-state index in [1.54, 1.807) is 12.1 Å². The second-order valence-electron chi connectivity index (χ2n) is 4.12. The topological polar surface area (TPSA) is 64.3 Å². The molecule has 0 saturated carbocycles. The number of carbonyl (C=O) groups excluding carboxylic acids is 1. The molecule has 0 aromatic heterocycles. The van der Waals surface area contributed by atoms with Crippen molar-refractivity contribution in [1.29, 1.82) is 0 Å². The van der Waals surface area contributed by atoms with Crippen molar-refractivity contribution in [2.24, 2.45) is 0 Å². The third-order valence-corrected chi connectivity index (χ3v) is 3.23. The summed E-state index contributed by atoms with van der Waals surface area (Å²) in [6, 6.07) is 6.66. The Morgan fingerprint density at radius 2 is 1.90 bits per heavy atom. The molecule has 0 saturated heterocycles. The smallest absolute Gasteiger partial charge is 0.258 e. The molecule has 0 radical (unpaired) electrons. The van der Waals surface area contributed by atoms with Gasteiger partial charge in [-0.15, -0.1) is 0 Å². The highest BCUT2D eigenvalue weighted by Gasteiger charge is 2.17. The van der Waals surface area contributed by atoms with Crippen LogP contribution in [0.4, 0.5) is 20.2 Å². The van der Waals surface area contributed by atoms with Crippen LogP contribution in [0.15, 0.2) is 34.8 Å². The number of rotatable bonds is 3. The molecule has 21 heavy (non-hydrogen) atoms. The molecule has 0 aliphatic carbocycles. The molecule has 7 heteroatoms. The van der Waals surface area contributed by atoms with Gasteiger partial charge in [-0.25, -0.2) is 8.78 Å². The van der Waals surface area contributed by atoms with Crippen molar-refractivity contribution in [2.75, 3.05) is 18.2 Å². The number of nitrogens with one attached hydrogen (secondary N) is 1. The van der Waals surface area contributed by atoms with E-state index in [1.807, 2.05) is 0 Å². The molecule has 110 valence electrons. The van der Waals surface area contributed by atoms with Crippen molar-refractivity contribution < 1.29 is 18.3 Å². The molecule has 0 atom stereocenters. The number of hydrogen-bond acceptors (Lipinski definition) is 3. The predicted molar refractivity (Wildman–Crippen MR) is 79.4 cm³/mol. The van der Waals surface area contributed by atoms with Gasteiger partial charge >= 0.3 is 0 Å². The summed E-state index contributed by atoms with van der Waals surface area (Å²) in [5.41, 5.74) is 5.39. The quantitative estimate of drug-likeness (QED) is 0.826. The summed E-state index contributed by atoms with van der Waals surface area (Å²) in [5.74, 6) is -2.21. The Kier molecular flexibility index (Phi) is 4.42. The molecular formula is C14H11BrF2N2O2. The third-order valence-electron chi connectivity index (χ3n) is 2.78. The van der Waals surface area contributed by atoms with E-state index < -0.39 is 23.2 Å². The lowest BCUT2D eigenvalue weighted by molar-refractivity contribution is 0.102. The highest BCUT2D eigenvalue weighted by Crippen LogP contribution is 2.28. The van der Waals surface area contributed by atoms with Gasteiger partial charge in [-0.2, -0.15) is 0 Å². The van der Waals surface area contributed by atoms with Gasteiger partial charge in [0.25, 0.3) is 5.91 Å². The number of hydrogen-bond donors (Lipinski definition) is 2. The van der Waals surface area contributed by atoms with Crippen molar-refractivity contribution in [1.82, 2.24) is 0 Å². The number of nitrogen functional groups attached to an aromatic ring is 1. The first-order valence-electron chi connectivity index (χ1n) is 5.82. The largest absolute Gasteiger partial charge is 0.495 e. The molecule has 0 bridgehead atoms. The average molecular weight is 357 g/mol. The number of methoxy groups -OCH3 is 1. The summed E-state index contributed by atoms with van der Waals surface area (Å²) in [6.45, 7) is 0. The molecule has 2 aromatic carbocycles. The number of nitrogens with two attached hydrogens (primary N) is 1. The highest BCUT2D eigenvalue weighted by molar-refractivity contribution is 9.10. The summed E-state index contributed by atoms with van der Waals surface area (Å²) < 4.78 is 32.6. The Bertz CT molecular complexity index is 684. The van der Waals surface area contributed by atoms with Crippen molar-refractivity contribution >= 4 is 33.2 Å². The van der Waals surface area contributed by atoms with Gasteiger partial charge in [0.15, 0.2) is 11.6 Å². The Balaban J connectivity index is 2.35. The van der Waals surface area contributed by atoms with Crippen LogP contribution in [0.25, 0.3) is 0 Å². The zero-order valence-electron chi connectivity index (χ0n) is 10.9. The first-order chi connectivity index (χ1) is 9.93. The fourth-order valence-corrected chi connectivity index (χ4v) is 2.16. The van der Waals surface area contributed by atoms with Crippen molar-refractivity contribution in [3.63, 3.8) is 0 Å². The van der Waals surface area contributed by atoms with Crippen LogP contribution < -0.4 is 15.8 Å². The number of carbonyl (C=O) groups is 1. The predicted octanol–water partition coefficient (Wildman–Crippen LogP) is 3.57. The van der Waals surface area contributed by atoms with E-state index in [2.05, 4.69) is 21.2 Å². The molecule has 0 unspecified atom stereocenters. The van der Waals surface area contributed by atoms with Gasteiger partial charge in [-0.05, 0) is 24.3 Å². The molecule has 0 aliphatic heterocycles. The standard InChI is InChI=1S/C14H11BrF2N2O2/c1-21-11-4-2-3-8(12(11)18)14(20)19-13-9(16)5-7(15)6-10(13)17/h2-6H,18H2,1H3,(H,19,20). The lowest BCUT2D eigenvalue weighted by Crippen LogP contribution is -2.16. The maximum atomic E-state index is 13.7. The van der Waals surface area contributed by atoms with Crippen molar-refractivity contribution in [3.8, 4) is 5.75 Å². The summed E-state index contributed by atoms with van der Waals surface area (Å²) in [4.78, 5) is 12.1. The van der Waals surface area contributed by atoms with E-state index in [0.717, 1.165) is 12.1 Å². The van der Waals surface area contributed by atoms with Crippen LogP contribution in [0.1, 0.15) is 10.4 Å². The normalized spacial score (nSPS) is 10.3. The molecule has 4 nitrogen and oxygen atoms in total. The molecule has 0 heterocycles. The van der Waals surface area contributed by atoms with Crippen LogP contribution in [0.5, 0.6) is 5.75 Å². The number of anilines is 2. The van der Waals surface area contributed by atoms with Crippen LogP contribution in [0.2, 0.25) is 0 Å². The number of benzene rings is 2. The maximum absolute atomic E-state index is 13.7. The van der Waals surface area contributed by atoms with E-state index in [4.69, 9.17) is 10.5 Å². The van der Waals surface area contributed by atoms with Crippen LogP contribution in [0, 0.1) is 11.6 Å². The minimum absolute atomic E-state index is 0.0658.